The smallest absolute Gasteiger partial charge is 0.145 e. The van der Waals surface area contributed by atoms with E-state index in [4.69, 9.17) is 4.74 Å². The van der Waals surface area contributed by atoms with Gasteiger partial charge in [0.2, 0.25) is 0 Å². The zero-order chi connectivity index (χ0) is 12.8. The SMILES string of the molecule is COc1cccc2c1N=S(C)(=O)c1ccccc1-2. The number of fused-ring (bicyclic) bond motifs is 3. The van der Waals surface area contributed by atoms with Crippen LogP contribution in [0.25, 0.3) is 11.1 Å². The Labute approximate surface area is 107 Å². The van der Waals surface area contributed by atoms with Crippen LogP contribution >= 0.6 is 0 Å². The minimum absolute atomic E-state index is 0.663. The van der Waals surface area contributed by atoms with E-state index < -0.39 is 9.73 Å². The van der Waals surface area contributed by atoms with Crippen LogP contribution in [-0.4, -0.2) is 17.6 Å². The van der Waals surface area contributed by atoms with Crippen molar-refractivity contribution in [2.45, 2.75) is 4.90 Å². The second-order valence-corrected chi connectivity index (χ2v) is 6.47. The van der Waals surface area contributed by atoms with Gasteiger partial charge in [-0.1, -0.05) is 30.3 Å². The minimum atomic E-state index is -2.39. The number of rotatable bonds is 1. The minimum Gasteiger partial charge on any atom is -0.494 e. The highest BCUT2D eigenvalue weighted by Crippen LogP contribution is 2.45. The summed E-state index contributed by atoms with van der Waals surface area (Å²) in [6.45, 7) is 0. The van der Waals surface area contributed by atoms with Crippen LogP contribution in [0.4, 0.5) is 5.69 Å². The number of methoxy groups -OCH3 is 1. The van der Waals surface area contributed by atoms with E-state index in [1.807, 2.05) is 42.5 Å². The summed E-state index contributed by atoms with van der Waals surface area (Å²) in [6, 6.07) is 13.4. The monoisotopic (exact) mass is 259 g/mol. The Hall–Kier alpha value is -1.81. The predicted molar refractivity (Wildman–Crippen MR) is 72.9 cm³/mol. The van der Waals surface area contributed by atoms with Crippen molar-refractivity contribution >= 4 is 15.4 Å². The van der Waals surface area contributed by atoms with E-state index in [1.165, 1.54) is 0 Å². The van der Waals surface area contributed by atoms with Gasteiger partial charge in [0.25, 0.3) is 0 Å². The molecule has 0 N–H and O–H groups in total. The molecule has 1 aliphatic rings. The molecule has 0 saturated carbocycles. The maximum Gasteiger partial charge on any atom is 0.145 e. The average molecular weight is 259 g/mol. The molecule has 2 aromatic carbocycles. The highest BCUT2D eigenvalue weighted by molar-refractivity contribution is 7.93. The van der Waals surface area contributed by atoms with E-state index in [1.54, 1.807) is 13.4 Å². The Bertz CT molecular complexity index is 743. The lowest BCUT2D eigenvalue weighted by Gasteiger charge is -2.20. The number of ether oxygens (including phenoxy) is 1. The number of benzene rings is 2. The van der Waals surface area contributed by atoms with Gasteiger partial charge in [-0.3, -0.25) is 0 Å². The van der Waals surface area contributed by atoms with Gasteiger partial charge in [-0.25, -0.2) is 4.21 Å². The molecule has 3 rings (SSSR count). The molecule has 0 fully saturated rings. The van der Waals surface area contributed by atoms with Crippen LogP contribution in [0.15, 0.2) is 51.7 Å². The molecule has 18 heavy (non-hydrogen) atoms. The van der Waals surface area contributed by atoms with Crippen molar-refractivity contribution in [2.75, 3.05) is 13.4 Å². The molecule has 3 nitrogen and oxygen atoms in total. The van der Waals surface area contributed by atoms with E-state index in [2.05, 4.69) is 4.36 Å². The van der Waals surface area contributed by atoms with Crippen molar-refractivity contribution in [3.8, 4) is 16.9 Å². The molecular formula is C14H13NO2S. The molecule has 0 bridgehead atoms. The predicted octanol–water partition coefficient (Wildman–Crippen LogP) is 3.46. The Morgan fingerprint density at radius 2 is 1.78 bits per heavy atom. The van der Waals surface area contributed by atoms with Gasteiger partial charge in [0.05, 0.1) is 21.7 Å². The second-order valence-electron chi connectivity index (χ2n) is 4.25. The van der Waals surface area contributed by atoms with E-state index in [0.717, 1.165) is 16.0 Å². The molecule has 92 valence electrons. The maximum absolute atomic E-state index is 12.6. The molecule has 0 spiro atoms. The van der Waals surface area contributed by atoms with E-state index in [-0.39, 0.29) is 0 Å². The van der Waals surface area contributed by atoms with Gasteiger partial charge in [-0.15, -0.1) is 0 Å². The first-order valence-electron chi connectivity index (χ1n) is 5.62. The quantitative estimate of drug-likeness (QED) is 0.786. The molecule has 1 unspecified atom stereocenters. The highest BCUT2D eigenvalue weighted by atomic mass is 32.2. The van der Waals surface area contributed by atoms with Crippen molar-refractivity contribution in [3.63, 3.8) is 0 Å². The topological polar surface area (TPSA) is 38.7 Å². The average Bonchev–Trinajstić information content (AvgIpc) is 2.38. The van der Waals surface area contributed by atoms with Crippen LogP contribution in [0.1, 0.15) is 0 Å². The summed E-state index contributed by atoms with van der Waals surface area (Å²) < 4.78 is 22.3. The molecule has 0 aromatic heterocycles. The van der Waals surface area contributed by atoms with Crippen LogP contribution < -0.4 is 4.74 Å². The largest absolute Gasteiger partial charge is 0.494 e. The Kier molecular flexibility index (Phi) is 2.41. The van der Waals surface area contributed by atoms with Crippen LogP contribution in [0, 0.1) is 0 Å². The van der Waals surface area contributed by atoms with Crippen molar-refractivity contribution in [1.29, 1.82) is 0 Å². The lowest BCUT2D eigenvalue weighted by molar-refractivity contribution is 0.416. The molecule has 1 atom stereocenters. The highest BCUT2D eigenvalue weighted by Gasteiger charge is 2.23. The van der Waals surface area contributed by atoms with Crippen LogP contribution in [0.3, 0.4) is 0 Å². The molecule has 1 heterocycles. The summed E-state index contributed by atoms with van der Waals surface area (Å²) >= 11 is 0. The summed E-state index contributed by atoms with van der Waals surface area (Å²) in [5, 5.41) is 0. The summed E-state index contributed by atoms with van der Waals surface area (Å²) in [6.07, 6.45) is 1.67. The molecule has 0 amide bonds. The molecule has 2 aromatic rings. The molecule has 0 radical (unpaired) electrons. The number of nitrogens with zero attached hydrogens (tertiary/aromatic N) is 1. The fourth-order valence-corrected chi connectivity index (χ4v) is 3.79. The molecule has 0 aliphatic carbocycles. The molecule has 0 saturated heterocycles. The van der Waals surface area contributed by atoms with Crippen molar-refractivity contribution in [2.24, 2.45) is 4.36 Å². The fraction of sp³-hybridized carbons (Fsp3) is 0.143. The first kappa shape index (κ1) is 11.3. The zero-order valence-electron chi connectivity index (χ0n) is 10.2. The van der Waals surface area contributed by atoms with Gasteiger partial charge in [0, 0.05) is 17.4 Å². The second kappa shape index (κ2) is 3.85. The number of hydrogen-bond acceptors (Lipinski definition) is 3. The summed E-state index contributed by atoms with van der Waals surface area (Å²) in [5.41, 5.74) is 2.64. The standard InChI is InChI=1S/C14H13NO2S/c1-17-12-8-5-7-11-10-6-3-4-9-13(10)18(2,16)15-14(11)12/h3-9H,1-2H3. The van der Waals surface area contributed by atoms with Gasteiger partial charge < -0.3 is 4.74 Å². The lowest BCUT2D eigenvalue weighted by atomic mass is 10.0. The Morgan fingerprint density at radius 1 is 1.06 bits per heavy atom. The maximum atomic E-state index is 12.6. The van der Waals surface area contributed by atoms with Crippen molar-refractivity contribution < 1.29 is 8.95 Å². The van der Waals surface area contributed by atoms with Gasteiger partial charge in [-0.2, -0.15) is 4.36 Å². The zero-order valence-corrected chi connectivity index (χ0v) is 11.0. The third kappa shape index (κ3) is 1.53. The third-order valence-corrected chi connectivity index (χ3v) is 4.77. The Morgan fingerprint density at radius 3 is 2.56 bits per heavy atom. The van der Waals surface area contributed by atoms with Crippen molar-refractivity contribution in [3.05, 3.63) is 42.5 Å². The van der Waals surface area contributed by atoms with Gasteiger partial charge in [0.1, 0.15) is 11.4 Å². The summed E-state index contributed by atoms with van der Waals surface area (Å²) in [5.74, 6) is 0.663. The lowest BCUT2D eigenvalue weighted by Crippen LogP contribution is -2.04. The van der Waals surface area contributed by atoms with Crippen molar-refractivity contribution in [1.82, 2.24) is 0 Å². The van der Waals surface area contributed by atoms with E-state index in [0.29, 0.717) is 11.4 Å². The van der Waals surface area contributed by atoms with E-state index >= 15 is 0 Å². The normalized spacial score (nSPS) is 20.6. The third-order valence-electron chi connectivity index (χ3n) is 3.07. The Balaban J connectivity index is 2.46. The first-order chi connectivity index (χ1) is 8.63. The van der Waals surface area contributed by atoms with Crippen LogP contribution in [0.5, 0.6) is 5.75 Å². The fourth-order valence-electron chi connectivity index (χ4n) is 2.24. The molecular weight excluding hydrogens is 246 g/mol. The molecule has 4 heteroatoms. The molecule has 1 aliphatic heterocycles. The number of hydrogen-bond donors (Lipinski definition) is 0. The van der Waals surface area contributed by atoms with Crippen LogP contribution in [0.2, 0.25) is 0 Å². The summed E-state index contributed by atoms with van der Waals surface area (Å²) in [4.78, 5) is 0.797. The first-order valence-corrected chi connectivity index (χ1v) is 7.54. The van der Waals surface area contributed by atoms with E-state index in [9.17, 15) is 4.21 Å². The van der Waals surface area contributed by atoms with Gasteiger partial charge >= 0.3 is 0 Å². The van der Waals surface area contributed by atoms with Gasteiger partial charge in [-0.05, 0) is 12.1 Å². The van der Waals surface area contributed by atoms with Gasteiger partial charge in [0.15, 0.2) is 0 Å². The summed E-state index contributed by atoms with van der Waals surface area (Å²) in [7, 11) is -0.793. The van der Waals surface area contributed by atoms with Crippen LogP contribution in [-0.2, 0) is 9.73 Å².